The van der Waals surface area contributed by atoms with Crippen LogP contribution in [0.2, 0.25) is 0 Å². The van der Waals surface area contributed by atoms with Crippen molar-refractivity contribution in [1.82, 2.24) is 20.2 Å². The zero-order chi connectivity index (χ0) is 10.1. The lowest BCUT2D eigenvalue weighted by atomic mass is 10.1. The molecule has 0 amide bonds. The molecule has 0 radical (unpaired) electrons. The second-order valence-corrected chi connectivity index (χ2v) is 3.15. The van der Waals surface area contributed by atoms with E-state index < -0.39 is 0 Å². The highest BCUT2D eigenvalue weighted by molar-refractivity contribution is 5.67. The van der Waals surface area contributed by atoms with Gasteiger partial charge < -0.3 is 5.73 Å². The minimum atomic E-state index is 0.731. The van der Waals surface area contributed by atoms with Crippen LogP contribution in [0.1, 0.15) is 5.56 Å². The number of nitrogens with zero attached hydrogens (tertiary/aromatic N) is 4. The minimum Gasteiger partial charge on any atom is -0.398 e. The van der Waals surface area contributed by atoms with E-state index in [0.717, 1.165) is 22.6 Å². The molecule has 2 N–H and O–H groups in total. The Balaban J connectivity index is 2.63. The van der Waals surface area contributed by atoms with Gasteiger partial charge >= 0.3 is 0 Å². The molecule has 0 spiro atoms. The SMILES string of the molecule is Cc1c(N)cccc1-c1nnnn1C. The molecule has 5 nitrogen and oxygen atoms in total. The Hall–Kier alpha value is -1.91. The predicted molar refractivity (Wildman–Crippen MR) is 53.4 cm³/mol. The van der Waals surface area contributed by atoms with E-state index in [-0.39, 0.29) is 0 Å². The number of aromatic nitrogens is 4. The maximum Gasteiger partial charge on any atom is 0.182 e. The van der Waals surface area contributed by atoms with Crippen LogP contribution in [0.4, 0.5) is 5.69 Å². The highest BCUT2D eigenvalue weighted by Gasteiger charge is 2.09. The number of rotatable bonds is 1. The van der Waals surface area contributed by atoms with Crippen molar-refractivity contribution in [3.8, 4) is 11.4 Å². The first-order chi connectivity index (χ1) is 6.70. The van der Waals surface area contributed by atoms with Gasteiger partial charge in [-0.3, -0.25) is 0 Å². The Morgan fingerprint density at radius 1 is 1.36 bits per heavy atom. The largest absolute Gasteiger partial charge is 0.398 e. The molecule has 2 rings (SSSR count). The number of hydrogen-bond donors (Lipinski definition) is 1. The van der Waals surface area contributed by atoms with Crippen molar-refractivity contribution < 1.29 is 0 Å². The van der Waals surface area contributed by atoms with Crippen molar-refractivity contribution >= 4 is 5.69 Å². The normalized spacial score (nSPS) is 10.4. The third-order valence-corrected chi connectivity index (χ3v) is 2.24. The van der Waals surface area contributed by atoms with Crippen molar-refractivity contribution in [2.24, 2.45) is 7.05 Å². The van der Waals surface area contributed by atoms with Crippen LogP contribution in [0, 0.1) is 6.92 Å². The predicted octanol–water partition coefficient (Wildman–Crippen LogP) is 0.768. The van der Waals surface area contributed by atoms with Crippen molar-refractivity contribution in [2.45, 2.75) is 6.92 Å². The van der Waals surface area contributed by atoms with Crippen molar-refractivity contribution in [3.05, 3.63) is 23.8 Å². The van der Waals surface area contributed by atoms with Crippen molar-refractivity contribution in [3.63, 3.8) is 0 Å². The second kappa shape index (κ2) is 3.10. The maximum absolute atomic E-state index is 5.80. The summed E-state index contributed by atoms with van der Waals surface area (Å²) < 4.78 is 1.63. The molecule has 0 aliphatic carbocycles. The smallest absolute Gasteiger partial charge is 0.182 e. The summed E-state index contributed by atoms with van der Waals surface area (Å²) in [6.45, 7) is 1.96. The van der Waals surface area contributed by atoms with Crippen LogP contribution in [-0.2, 0) is 7.05 Å². The topological polar surface area (TPSA) is 69.6 Å². The van der Waals surface area contributed by atoms with Gasteiger partial charge in [0, 0.05) is 18.3 Å². The Morgan fingerprint density at radius 2 is 2.14 bits per heavy atom. The molecule has 0 bridgehead atoms. The molecule has 1 heterocycles. The zero-order valence-corrected chi connectivity index (χ0v) is 8.10. The number of aryl methyl sites for hydroxylation is 1. The summed E-state index contributed by atoms with van der Waals surface area (Å²) in [4.78, 5) is 0. The number of tetrazole rings is 1. The Bertz CT molecular complexity index is 460. The lowest BCUT2D eigenvalue weighted by Gasteiger charge is -2.05. The van der Waals surface area contributed by atoms with E-state index in [2.05, 4.69) is 15.5 Å². The highest BCUT2D eigenvalue weighted by atomic mass is 15.5. The van der Waals surface area contributed by atoms with Crippen LogP contribution in [0.3, 0.4) is 0 Å². The molecule has 0 atom stereocenters. The Labute approximate surface area is 81.5 Å². The average Bonchev–Trinajstić information content (AvgIpc) is 2.57. The zero-order valence-electron chi connectivity index (χ0n) is 8.10. The molecule has 14 heavy (non-hydrogen) atoms. The van der Waals surface area contributed by atoms with Crippen LogP contribution in [0.5, 0.6) is 0 Å². The molecule has 1 aromatic heterocycles. The lowest BCUT2D eigenvalue weighted by molar-refractivity contribution is 0.714. The van der Waals surface area contributed by atoms with E-state index in [1.807, 2.05) is 25.1 Å². The third kappa shape index (κ3) is 1.22. The number of nitrogen functional groups attached to an aromatic ring is 1. The van der Waals surface area contributed by atoms with Crippen LogP contribution in [0.25, 0.3) is 11.4 Å². The third-order valence-electron chi connectivity index (χ3n) is 2.24. The Morgan fingerprint density at radius 3 is 2.79 bits per heavy atom. The first-order valence-corrected chi connectivity index (χ1v) is 4.28. The van der Waals surface area contributed by atoms with Gasteiger partial charge in [0.15, 0.2) is 5.82 Å². The van der Waals surface area contributed by atoms with Gasteiger partial charge in [-0.15, -0.1) is 5.10 Å². The summed E-state index contributed by atoms with van der Waals surface area (Å²) in [5.41, 5.74) is 8.53. The highest BCUT2D eigenvalue weighted by Crippen LogP contribution is 2.23. The van der Waals surface area contributed by atoms with Crippen LogP contribution in [0.15, 0.2) is 18.2 Å². The lowest BCUT2D eigenvalue weighted by Crippen LogP contribution is -1.98. The summed E-state index contributed by atoms with van der Waals surface area (Å²) in [6.07, 6.45) is 0. The summed E-state index contributed by atoms with van der Waals surface area (Å²) in [5, 5.41) is 11.3. The molecule has 1 aromatic carbocycles. The van der Waals surface area contributed by atoms with Gasteiger partial charge in [-0.2, -0.15) is 0 Å². The Kier molecular flexibility index (Phi) is 1.92. The van der Waals surface area contributed by atoms with Gasteiger partial charge in [-0.1, -0.05) is 12.1 Å². The standard InChI is InChI=1S/C9H11N5/c1-6-7(4-3-5-8(6)10)9-11-12-13-14(9)2/h3-5H,10H2,1-2H3. The summed E-state index contributed by atoms with van der Waals surface area (Å²) in [6, 6.07) is 5.71. The van der Waals surface area contributed by atoms with E-state index in [1.54, 1.807) is 11.7 Å². The monoisotopic (exact) mass is 189 g/mol. The molecule has 0 aliphatic rings. The molecule has 0 saturated heterocycles. The first-order valence-electron chi connectivity index (χ1n) is 4.28. The second-order valence-electron chi connectivity index (χ2n) is 3.15. The van der Waals surface area contributed by atoms with Crippen molar-refractivity contribution in [1.29, 1.82) is 0 Å². The van der Waals surface area contributed by atoms with Crippen LogP contribution < -0.4 is 5.73 Å². The number of nitrogens with two attached hydrogens (primary N) is 1. The summed E-state index contributed by atoms with van der Waals surface area (Å²) in [5.74, 6) is 0.731. The molecular weight excluding hydrogens is 178 g/mol. The van der Waals surface area contributed by atoms with Gasteiger partial charge in [0.25, 0.3) is 0 Å². The molecule has 2 aromatic rings. The fourth-order valence-corrected chi connectivity index (χ4v) is 1.35. The van der Waals surface area contributed by atoms with Gasteiger partial charge in [0.2, 0.25) is 0 Å². The van der Waals surface area contributed by atoms with Gasteiger partial charge in [-0.05, 0) is 29.0 Å². The number of benzene rings is 1. The first kappa shape index (κ1) is 8.68. The molecule has 0 unspecified atom stereocenters. The minimum absolute atomic E-state index is 0.731. The number of anilines is 1. The van der Waals surface area contributed by atoms with Crippen LogP contribution >= 0.6 is 0 Å². The average molecular weight is 189 g/mol. The van der Waals surface area contributed by atoms with E-state index in [9.17, 15) is 0 Å². The van der Waals surface area contributed by atoms with E-state index >= 15 is 0 Å². The fraction of sp³-hybridized carbons (Fsp3) is 0.222. The van der Waals surface area contributed by atoms with E-state index in [1.165, 1.54) is 0 Å². The maximum atomic E-state index is 5.80. The van der Waals surface area contributed by atoms with E-state index in [4.69, 9.17) is 5.73 Å². The van der Waals surface area contributed by atoms with Gasteiger partial charge in [0.05, 0.1) is 0 Å². The van der Waals surface area contributed by atoms with Crippen molar-refractivity contribution in [2.75, 3.05) is 5.73 Å². The molecule has 0 aliphatic heterocycles. The van der Waals surface area contributed by atoms with Gasteiger partial charge in [-0.25, -0.2) is 4.68 Å². The van der Waals surface area contributed by atoms with E-state index in [0.29, 0.717) is 0 Å². The molecule has 72 valence electrons. The quantitative estimate of drug-likeness (QED) is 0.672. The van der Waals surface area contributed by atoms with Gasteiger partial charge in [0.1, 0.15) is 0 Å². The fourth-order valence-electron chi connectivity index (χ4n) is 1.35. The summed E-state index contributed by atoms with van der Waals surface area (Å²) in [7, 11) is 1.80. The number of hydrogen-bond acceptors (Lipinski definition) is 4. The van der Waals surface area contributed by atoms with Crippen LogP contribution in [-0.4, -0.2) is 20.2 Å². The molecule has 0 saturated carbocycles. The molecule has 5 heteroatoms. The molecular formula is C9H11N5. The molecule has 0 fully saturated rings. The summed E-state index contributed by atoms with van der Waals surface area (Å²) >= 11 is 0.